The molecule has 0 bridgehead atoms. The molecule has 1 unspecified atom stereocenters. The van der Waals surface area contributed by atoms with Gasteiger partial charge in [-0.15, -0.1) is 0 Å². The van der Waals surface area contributed by atoms with E-state index in [1.807, 2.05) is 18.2 Å². The van der Waals surface area contributed by atoms with Gasteiger partial charge in [-0.3, -0.25) is 4.90 Å². The summed E-state index contributed by atoms with van der Waals surface area (Å²) in [6, 6.07) is 11.7. The van der Waals surface area contributed by atoms with Crippen LogP contribution in [-0.4, -0.2) is 79.0 Å². The number of hydrogen-bond acceptors (Lipinski definition) is 6. The Morgan fingerprint density at radius 1 is 0.818 bits per heavy atom. The minimum absolute atomic E-state index is 0. The van der Waals surface area contributed by atoms with Crippen LogP contribution in [0.5, 0.6) is 28.7 Å². The average Bonchev–Trinajstić information content (AvgIpc) is 2.84. The first kappa shape index (κ1) is 28.9. The highest BCUT2D eigenvalue weighted by atomic mass is 35.5. The van der Waals surface area contributed by atoms with E-state index in [2.05, 4.69) is 6.07 Å². The van der Waals surface area contributed by atoms with Gasteiger partial charge in [0, 0.05) is 18.2 Å². The molecule has 0 aromatic heterocycles. The average molecular weight is 505 g/mol. The van der Waals surface area contributed by atoms with Crippen LogP contribution in [0.1, 0.15) is 0 Å². The van der Waals surface area contributed by atoms with Gasteiger partial charge in [0.05, 0.1) is 35.0 Å². The van der Waals surface area contributed by atoms with Gasteiger partial charge in [-0.25, -0.2) is 0 Å². The summed E-state index contributed by atoms with van der Waals surface area (Å²) in [5.74, 6) is 3.14. The third-order valence-electron chi connectivity index (χ3n) is 5.87. The molecule has 1 aliphatic rings. The van der Waals surface area contributed by atoms with E-state index in [1.165, 1.54) is 15.5 Å². The summed E-state index contributed by atoms with van der Waals surface area (Å²) in [7, 11) is 6.43. The molecule has 0 aliphatic carbocycles. The Kier molecular flexibility index (Phi) is 12.5. The number of para-hydroxylation sites is 2. The SMILES string of the molecule is COc1ccccc1[NH+]1CC[NH+](C(CO)COc2cc(OC)c(OC)c(OC)c2)CC1.[Cl-].[Cl-]. The van der Waals surface area contributed by atoms with Crippen LogP contribution < -0.4 is 58.3 Å². The molecule has 1 aliphatic heterocycles. The van der Waals surface area contributed by atoms with E-state index in [9.17, 15) is 5.11 Å². The predicted molar refractivity (Wildman–Crippen MR) is 117 cm³/mol. The smallest absolute Gasteiger partial charge is 0.203 e. The van der Waals surface area contributed by atoms with E-state index in [0.29, 0.717) is 29.6 Å². The Bertz CT molecular complexity index is 824. The molecule has 0 saturated carbocycles. The number of aliphatic hydroxyl groups is 1. The van der Waals surface area contributed by atoms with Crippen molar-refractivity contribution in [2.75, 3.05) is 67.8 Å². The van der Waals surface area contributed by atoms with Crippen molar-refractivity contribution in [2.24, 2.45) is 0 Å². The second-order valence-corrected chi connectivity index (χ2v) is 7.51. The number of hydrogen-bond donors (Lipinski definition) is 3. The molecule has 33 heavy (non-hydrogen) atoms. The van der Waals surface area contributed by atoms with Gasteiger partial charge in [0.1, 0.15) is 44.6 Å². The maximum absolute atomic E-state index is 10.0. The van der Waals surface area contributed by atoms with Crippen molar-refractivity contribution < 1.29 is 63.4 Å². The van der Waals surface area contributed by atoms with E-state index in [4.69, 9.17) is 23.7 Å². The highest BCUT2D eigenvalue weighted by Gasteiger charge is 2.31. The highest BCUT2D eigenvalue weighted by molar-refractivity contribution is 5.55. The zero-order valence-electron chi connectivity index (χ0n) is 19.5. The first-order valence-electron chi connectivity index (χ1n) is 10.5. The monoisotopic (exact) mass is 504 g/mol. The number of nitrogens with one attached hydrogen (secondary N) is 2. The number of benzene rings is 2. The van der Waals surface area contributed by atoms with Crippen molar-refractivity contribution in [1.29, 1.82) is 0 Å². The minimum atomic E-state index is -0.0155. The molecule has 10 heteroatoms. The zero-order valence-corrected chi connectivity index (χ0v) is 21.0. The third-order valence-corrected chi connectivity index (χ3v) is 5.87. The topological polar surface area (TPSA) is 75.3 Å². The fraction of sp³-hybridized carbons (Fsp3) is 0.478. The van der Waals surface area contributed by atoms with Crippen molar-refractivity contribution >= 4 is 5.69 Å². The van der Waals surface area contributed by atoms with Crippen LogP contribution >= 0.6 is 0 Å². The summed E-state index contributed by atoms with van der Waals surface area (Å²) in [6.07, 6.45) is 0. The quantitative estimate of drug-likeness (QED) is 0.299. The van der Waals surface area contributed by atoms with Gasteiger partial charge in [0.15, 0.2) is 22.9 Å². The number of quaternary nitrogens is 2. The molecule has 186 valence electrons. The van der Waals surface area contributed by atoms with E-state index in [-0.39, 0.29) is 37.5 Å². The maximum atomic E-state index is 10.0. The van der Waals surface area contributed by atoms with Crippen molar-refractivity contribution in [1.82, 2.24) is 0 Å². The van der Waals surface area contributed by atoms with Crippen molar-refractivity contribution in [3.8, 4) is 28.7 Å². The summed E-state index contributed by atoms with van der Waals surface area (Å²) in [4.78, 5) is 2.75. The molecule has 1 saturated heterocycles. The van der Waals surface area contributed by atoms with Crippen LogP contribution in [0.25, 0.3) is 0 Å². The fourth-order valence-electron chi connectivity index (χ4n) is 4.12. The Labute approximate surface area is 208 Å². The molecule has 0 spiro atoms. The molecule has 3 rings (SSSR count). The Morgan fingerprint density at radius 2 is 1.39 bits per heavy atom. The Morgan fingerprint density at radius 3 is 1.91 bits per heavy atom. The lowest BCUT2D eigenvalue weighted by Crippen LogP contribution is -3.28. The van der Waals surface area contributed by atoms with Crippen LogP contribution in [0, 0.1) is 0 Å². The largest absolute Gasteiger partial charge is 1.00 e. The standard InChI is InChI=1S/C23H32N2O6.2ClH/c1-27-20-8-6-5-7-19(20)25-11-9-24(10-12-25)17(15-26)16-31-18-13-21(28-2)23(30-4)22(14-18)29-3;;/h5-8,13-14,17,26H,9-12,15-16H2,1-4H3;2*1H. The Balaban J connectivity index is 0.00000272. The van der Waals surface area contributed by atoms with E-state index in [0.717, 1.165) is 31.9 Å². The van der Waals surface area contributed by atoms with Crippen LogP contribution in [0.3, 0.4) is 0 Å². The molecule has 8 nitrogen and oxygen atoms in total. The first-order chi connectivity index (χ1) is 15.1. The van der Waals surface area contributed by atoms with Gasteiger partial charge in [-0.05, 0) is 6.07 Å². The van der Waals surface area contributed by atoms with Gasteiger partial charge >= 0.3 is 0 Å². The molecule has 1 atom stereocenters. The molecular formula is C23H34Cl2N2O6. The third kappa shape index (κ3) is 6.94. The summed E-state index contributed by atoms with van der Waals surface area (Å²) >= 11 is 0. The van der Waals surface area contributed by atoms with Gasteiger partial charge in [-0.1, -0.05) is 12.1 Å². The minimum Gasteiger partial charge on any atom is -1.00 e. The zero-order chi connectivity index (χ0) is 22.2. The summed E-state index contributed by atoms with van der Waals surface area (Å²) in [5.41, 5.74) is 1.19. The highest BCUT2D eigenvalue weighted by Crippen LogP contribution is 2.40. The van der Waals surface area contributed by atoms with Crippen LogP contribution in [0.15, 0.2) is 36.4 Å². The second-order valence-electron chi connectivity index (χ2n) is 7.51. The van der Waals surface area contributed by atoms with Gasteiger partial charge in [0.2, 0.25) is 5.75 Å². The summed E-state index contributed by atoms with van der Waals surface area (Å²) in [5, 5.41) is 10.0. The molecule has 2 aromatic rings. The molecule has 0 radical (unpaired) electrons. The van der Waals surface area contributed by atoms with Gasteiger partial charge < -0.3 is 58.5 Å². The number of halogens is 2. The number of methoxy groups -OCH3 is 4. The molecule has 1 fully saturated rings. The lowest BCUT2D eigenvalue weighted by atomic mass is 10.2. The Hall–Kier alpha value is -2.10. The predicted octanol–water partition coefficient (Wildman–Crippen LogP) is -6.42. The number of rotatable bonds is 10. The lowest BCUT2D eigenvalue weighted by molar-refractivity contribution is -1.00. The van der Waals surface area contributed by atoms with Crippen molar-refractivity contribution in [3.05, 3.63) is 36.4 Å². The molecule has 0 amide bonds. The summed E-state index contributed by atoms with van der Waals surface area (Å²) in [6.45, 7) is 4.28. The van der Waals surface area contributed by atoms with Gasteiger partial charge in [-0.2, -0.15) is 0 Å². The summed E-state index contributed by atoms with van der Waals surface area (Å²) < 4.78 is 27.7. The van der Waals surface area contributed by atoms with Crippen molar-refractivity contribution in [3.63, 3.8) is 0 Å². The molecular weight excluding hydrogens is 471 g/mol. The van der Waals surface area contributed by atoms with E-state index < -0.39 is 0 Å². The van der Waals surface area contributed by atoms with Gasteiger partial charge in [0.25, 0.3) is 0 Å². The number of aliphatic hydroxyl groups excluding tert-OH is 1. The first-order valence-corrected chi connectivity index (χ1v) is 10.5. The van der Waals surface area contributed by atoms with Crippen LogP contribution in [0.2, 0.25) is 0 Å². The van der Waals surface area contributed by atoms with Crippen molar-refractivity contribution in [2.45, 2.75) is 6.04 Å². The number of ether oxygens (including phenoxy) is 5. The number of piperazine rings is 1. The maximum Gasteiger partial charge on any atom is 0.203 e. The fourth-order valence-corrected chi connectivity index (χ4v) is 4.12. The van der Waals surface area contributed by atoms with E-state index in [1.54, 1.807) is 40.6 Å². The van der Waals surface area contributed by atoms with Crippen LogP contribution in [-0.2, 0) is 0 Å². The van der Waals surface area contributed by atoms with Crippen LogP contribution in [0.4, 0.5) is 5.69 Å². The van der Waals surface area contributed by atoms with E-state index >= 15 is 0 Å². The normalized spacial score (nSPS) is 18.2. The molecule has 2 aromatic carbocycles. The lowest BCUT2D eigenvalue weighted by Gasteiger charge is -2.34. The second kappa shape index (κ2) is 14.2. The molecule has 1 heterocycles. The molecule has 3 N–H and O–H groups in total.